The molecule has 1 amide bonds. The van der Waals surface area contributed by atoms with Gasteiger partial charge in [-0.3, -0.25) is 9.69 Å². The van der Waals surface area contributed by atoms with Gasteiger partial charge >= 0.3 is 0 Å². The van der Waals surface area contributed by atoms with E-state index in [0.717, 1.165) is 59.7 Å². The van der Waals surface area contributed by atoms with Crippen LogP contribution < -0.4 is 10.6 Å². The number of piperidine rings is 1. The number of thiophene rings is 1. The zero-order valence-corrected chi connectivity index (χ0v) is 18.5. The molecule has 5 rings (SSSR count). The second-order valence-corrected chi connectivity index (χ2v) is 8.81. The molecule has 162 valence electrons. The van der Waals surface area contributed by atoms with Gasteiger partial charge in [0.25, 0.3) is 0 Å². The molecule has 1 saturated heterocycles. The molecule has 6 nitrogen and oxygen atoms in total. The summed E-state index contributed by atoms with van der Waals surface area (Å²) >= 11 is 1.65. The van der Waals surface area contributed by atoms with Crippen molar-refractivity contribution < 1.29 is 4.79 Å². The summed E-state index contributed by atoms with van der Waals surface area (Å²) in [6, 6.07) is 20.1. The normalized spacial score (nSPS) is 15.0. The van der Waals surface area contributed by atoms with Gasteiger partial charge in [0.15, 0.2) is 5.82 Å². The zero-order valence-electron chi connectivity index (χ0n) is 17.7. The highest BCUT2D eigenvalue weighted by molar-refractivity contribution is 7.08. The van der Waals surface area contributed by atoms with Crippen LogP contribution in [0.3, 0.4) is 0 Å². The molecular formula is C25H25N5OS. The van der Waals surface area contributed by atoms with Gasteiger partial charge in [-0.15, -0.1) is 0 Å². The Morgan fingerprint density at radius 1 is 1.00 bits per heavy atom. The lowest BCUT2D eigenvalue weighted by Gasteiger charge is -2.32. The van der Waals surface area contributed by atoms with Crippen LogP contribution in [0.4, 0.5) is 11.5 Å². The van der Waals surface area contributed by atoms with Gasteiger partial charge in [0.2, 0.25) is 5.91 Å². The molecule has 1 aliphatic rings. The molecule has 2 aromatic carbocycles. The van der Waals surface area contributed by atoms with E-state index in [9.17, 15) is 4.79 Å². The van der Waals surface area contributed by atoms with Gasteiger partial charge in [0, 0.05) is 41.1 Å². The molecule has 0 bridgehead atoms. The number of benzene rings is 2. The number of anilines is 2. The summed E-state index contributed by atoms with van der Waals surface area (Å²) in [6.07, 6.45) is 1.93. The van der Waals surface area contributed by atoms with Gasteiger partial charge in [0.1, 0.15) is 5.82 Å². The van der Waals surface area contributed by atoms with Crippen LogP contribution in [0.5, 0.6) is 0 Å². The number of fused-ring (bicyclic) bond motifs is 1. The van der Waals surface area contributed by atoms with Crippen LogP contribution in [-0.4, -0.2) is 46.5 Å². The molecule has 0 spiro atoms. The molecule has 2 aromatic heterocycles. The van der Waals surface area contributed by atoms with E-state index in [1.807, 2.05) is 53.9 Å². The molecule has 3 heterocycles. The van der Waals surface area contributed by atoms with Gasteiger partial charge in [-0.1, -0.05) is 30.3 Å². The number of hydrogen-bond acceptors (Lipinski definition) is 6. The largest absolute Gasteiger partial charge is 0.367 e. The number of nitrogens with one attached hydrogen (secondary N) is 2. The summed E-state index contributed by atoms with van der Waals surface area (Å²) in [7, 11) is 0. The maximum Gasteiger partial charge on any atom is 0.238 e. The first-order valence-electron chi connectivity index (χ1n) is 10.9. The number of para-hydroxylation sites is 2. The fraction of sp³-hybridized carbons (Fsp3) is 0.240. The van der Waals surface area contributed by atoms with Crippen LogP contribution >= 0.6 is 11.3 Å². The van der Waals surface area contributed by atoms with Gasteiger partial charge < -0.3 is 10.6 Å². The minimum atomic E-state index is 0.0322. The molecule has 0 radical (unpaired) electrons. The van der Waals surface area contributed by atoms with Gasteiger partial charge in [0.05, 0.1) is 12.1 Å². The lowest BCUT2D eigenvalue weighted by molar-refractivity contribution is -0.117. The number of aromatic nitrogens is 2. The standard InChI is InChI=1S/C25H25N5OS/c31-23(26-19-6-2-1-3-7-19)16-30-13-10-20(11-14-30)27-25-21-8-4-5-9-22(21)28-24(29-25)18-12-15-32-17-18/h1-9,12,15,17,20H,10-11,13-14,16H2,(H,26,31)(H,27,28,29). The number of likely N-dealkylation sites (tertiary alicyclic amines) is 1. The van der Waals surface area contributed by atoms with Crippen LogP contribution in [0, 0.1) is 0 Å². The summed E-state index contributed by atoms with van der Waals surface area (Å²) in [5, 5.41) is 11.8. The molecule has 1 aliphatic heterocycles. The van der Waals surface area contributed by atoms with Gasteiger partial charge in [-0.25, -0.2) is 9.97 Å². The molecule has 7 heteroatoms. The first-order chi connectivity index (χ1) is 15.7. The molecule has 2 N–H and O–H groups in total. The minimum Gasteiger partial charge on any atom is -0.367 e. The fourth-order valence-electron chi connectivity index (χ4n) is 4.06. The third kappa shape index (κ3) is 4.79. The van der Waals surface area contributed by atoms with Crippen molar-refractivity contribution in [2.24, 2.45) is 0 Å². The Kier molecular flexibility index (Phi) is 6.09. The van der Waals surface area contributed by atoms with E-state index >= 15 is 0 Å². The Bertz CT molecular complexity index is 1190. The van der Waals surface area contributed by atoms with E-state index in [-0.39, 0.29) is 5.91 Å². The van der Waals surface area contributed by atoms with Crippen molar-refractivity contribution in [3.05, 3.63) is 71.4 Å². The smallest absolute Gasteiger partial charge is 0.238 e. The molecule has 0 aliphatic carbocycles. The molecular weight excluding hydrogens is 418 g/mol. The average Bonchev–Trinajstić information content (AvgIpc) is 3.36. The first-order valence-corrected chi connectivity index (χ1v) is 11.8. The molecule has 32 heavy (non-hydrogen) atoms. The monoisotopic (exact) mass is 443 g/mol. The minimum absolute atomic E-state index is 0.0322. The van der Waals surface area contributed by atoms with Crippen molar-refractivity contribution in [1.29, 1.82) is 0 Å². The number of amides is 1. The topological polar surface area (TPSA) is 70.2 Å². The Morgan fingerprint density at radius 3 is 2.56 bits per heavy atom. The quantitative estimate of drug-likeness (QED) is 0.445. The molecule has 4 aromatic rings. The number of carbonyl (C=O) groups excluding carboxylic acids is 1. The predicted octanol–water partition coefficient (Wildman–Crippen LogP) is 4.87. The lowest BCUT2D eigenvalue weighted by Crippen LogP contribution is -2.42. The highest BCUT2D eigenvalue weighted by Crippen LogP contribution is 2.27. The summed E-state index contributed by atoms with van der Waals surface area (Å²) in [5.74, 6) is 1.67. The number of nitrogens with zero attached hydrogens (tertiary/aromatic N) is 3. The van der Waals surface area contributed by atoms with E-state index < -0.39 is 0 Å². The van der Waals surface area contributed by atoms with Crippen molar-refractivity contribution in [3.8, 4) is 11.4 Å². The van der Waals surface area contributed by atoms with Crippen molar-refractivity contribution in [2.75, 3.05) is 30.3 Å². The van der Waals surface area contributed by atoms with Crippen LogP contribution in [0.15, 0.2) is 71.4 Å². The lowest BCUT2D eigenvalue weighted by atomic mass is 10.0. The van der Waals surface area contributed by atoms with E-state index in [2.05, 4.69) is 33.0 Å². The summed E-state index contributed by atoms with van der Waals surface area (Å²) in [5.41, 5.74) is 2.83. The average molecular weight is 444 g/mol. The van der Waals surface area contributed by atoms with Crippen molar-refractivity contribution in [3.63, 3.8) is 0 Å². The van der Waals surface area contributed by atoms with E-state index in [1.165, 1.54) is 0 Å². The Hall–Kier alpha value is -3.29. The van der Waals surface area contributed by atoms with Crippen molar-refractivity contribution >= 4 is 39.7 Å². The maximum absolute atomic E-state index is 12.4. The second-order valence-electron chi connectivity index (χ2n) is 8.03. The van der Waals surface area contributed by atoms with Crippen molar-refractivity contribution in [2.45, 2.75) is 18.9 Å². The highest BCUT2D eigenvalue weighted by atomic mass is 32.1. The summed E-state index contributed by atoms with van der Waals surface area (Å²) in [4.78, 5) is 24.2. The molecule has 0 unspecified atom stereocenters. The number of carbonyl (C=O) groups is 1. The second kappa shape index (κ2) is 9.46. The number of rotatable bonds is 6. The highest BCUT2D eigenvalue weighted by Gasteiger charge is 2.22. The number of hydrogen-bond donors (Lipinski definition) is 2. The Labute approximate surface area is 191 Å². The van der Waals surface area contributed by atoms with Crippen LogP contribution in [0.2, 0.25) is 0 Å². The fourth-order valence-corrected chi connectivity index (χ4v) is 4.70. The van der Waals surface area contributed by atoms with E-state index in [4.69, 9.17) is 9.97 Å². The predicted molar refractivity (Wildman–Crippen MR) is 131 cm³/mol. The third-order valence-electron chi connectivity index (χ3n) is 5.74. The van der Waals surface area contributed by atoms with Gasteiger partial charge in [-0.2, -0.15) is 11.3 Å². The molecule has 0 atom stereocenters. The molecule has 1 fully saturated rings. The van der Waals surface area contributed by atoms with E-state index in [1.54, 1.807) is 11.3 Å². The summed E-state index contributed by atoms with van der Waals surface area (Å²) < 4.78 is 0. The van der Waals surface area contributed by atoms with Crippen LogP contribution in [-0.2, 0) is 4.79 Å². The van der Waals surface area contributed by atoms with Crippen molar-refractivity contribution in [1.82, 2.24) is 14.9 Å². The first kappa shape index (κ1) is 20.6. The summed E-state index contributed by atoms with van der Waals surface area (Å²) in [6.45, 7) is 2.17. The molecule has 0 saturated carbocycles. The SMILES string of the molecule is O=C(CN1CCC(Nc2nc(-c3ccsc3)nc3ccccc23)CC1)Nc1ccccc1. The zero-order chi connectivity index (χ0) is 21.8. The van der Waals surface area contributed by atoms with Crippen LogP contribution in [0.25, 0.3) is 22.3 Å². The van der Waals surface area contributed by atoms with Gasteiger partial charge in [-0.05, 0) is 48.6 Å². The Morgan fingerprint density at radius 2 is 1.78 bits per heavy atom. The van der Waals surface area contributed by atoms with E-state index in [0.29, 0.717) is 12.6 Å². The third-order valence-corrected chi connectivity index (χ3v) is 6.42. The van der Waals surface area contributed by atoms with Crippen LogP contribution in [0.1, 0.15) is 12.8 Å². The Balaban J connectivity index is 1.23. The maximum atomic E-state index is 12.4.